The highest BCUT2D eigenvalue weighted by Gasteiger charge is 1.98. The number of nitrogens with zero attached hydrogens (tertiary/aromatic N) is 2. The molecule has 1 aromatic carbocycles. The van der Waals surface area contributed by atoms with Gasteiger partial charge in [0, 0.05) is 12.4 Å². The Morgan fingerprint density at radius 1 is 1.11 bits per heavy atom. The van der Waals surface area contributed by atoms with Crippen LogP contribution in [0.4, 0.5) is 5.69 Å². The monoisotopic (exact) mass is 241 g/mol. The average Bonchev–Trinajstić information content (AvgIpc) is 2.46. The van der Waals surface area contributed by atoms with E-state index in [9.17, 15) is 0 Å². The summed E-state index contributed by atoms with van der Waals surface area (Å²) in [6.45, 7) is 1.95. The third kappa shape index (κ3) is 3.07. The third-order valence-electron chi connectivity index (χ3n) is 2.54. The molecule has 2 aromatic rings. The number of pyridine rings is 1. The molecular formula is C14H15N3O. The van der Waals surface area contributed by atoms with Gasteiger partial charge in [-0.3, -0.25) is 10.4 Å². The van der Waals surface area contributed by atoms with Crippen molar-refractivity contribution in [3.63, 3.8) is 0 Å². The summed E-state index contributed by atoms with van der Waals surface area (Å²) in [7, 11) is 1.65. The lowest BCUT2D eigenvalue weighted by Crippen LogP contribution is -1.99. The lowest BCUT2D eigenvalue weighted by Gasteiger charge is -2.04. The number of hydrogen-bond donors (Lipinski definition) is 1. The van der Waals surface area contributed by atoms with Crippen LogP contribution in [0.15, 0.2) is 53.9 Å². The van der Waals surface area contributed by atoms with Crippen molar-refractivity contribution in [1.82, 2.24) is 4.98 Å². The first-order valence-corrected chi connectivity index (χ1v) is 5.64. The Labute approximate surface area is 106 Å². The molecule has 0 saturated heterocycles. The highest BCUT2D eigenvalue weighted by molar-refractivity contribution is 5.99. The van der Waals surface area contributed by atoms with E-state index in [1.165, 1.54) is 0 Å². The molecule has 4 heteroatoms. The van der Waals surface area contributed by atoms with E-state index >= 15 is 0 Å². The van der Waals surface area contributed by atoms with Crippen molar-refractivity contribution in [2.45, 2.75) is 6.92 Å². The van der Waals surface area contributed by atoms with Gasteiger partial charge in [-0.15, -0.1) is 0 Å². The maximum atomic E-state index is 5.12. The maximum absolute atomic E-state index is 5.12. The van der Waals surface area contributed by atoms with E-state index in [1.807, 2.05) is 43.3 Å². The van der Waals surface area contributed by atoms with Crippen molar-refractivity contribution >= 4 is 11.4 Å². The first kappa shape index (κ1) is 12.1. The van der Waals surface area contributed by atoms with E-state index in [-0.39, 0.29) is 0 Å². The Hall–Kier alpha value is -2.36. The first-order chi connectivity index (χ1) is 8.79. The van der Waals surface area contributed by atoms with Crippen LogP contribution in [0.25, 0.3) is 0 Å². The number of aromatic nitrogens is 1. The summed E-state index contributed by atoms with van der Waals surface area (Å²) in [6, 6.07) is 11.5. The van der Waals surface area contributed by atoms with Crippen molar-refractivity contribution < 1.29 is 4.74 Å². The number of ether oxygens (including phenoxy) is 1. The number of anilines is 1. The lowest BCUT2D eigenvalue weighted by atomic mass is 10.1. The summed E-state index contributed by atoms with van der Waals surface area (Å²) in [5.74, 6) is 0.841. The first-order valence-electron chi connectivity index (χ1n) is 5.64. The van der Waals surface area contributed by atoms with E-state index < -0.39 is 0 Å². The molecule has 4 nitrogen and oxygen atoms in total. The Morgan fingerprint density at radius 2 is 1.78 bits per heavy atom. The van der Waals surface area contributed by atoms with Gasteiger partial charge in [0.15, 0.2) is 0 Å². The molecule has 0 fully saturated rings. The number of methoxy groups -OCH3 is 1. The van der Waals surface area contributed by atoms with Crippen LogP contribution in [0.3, 0.4) is 0 Å². The fourth-order valence-corrected chi connectivity index (χ4v) is 1.47. The summed E-state index contributed by atoms with van der Waals surface area (Å²) >= 11 is 0. The number of hydrazone groups is 1. The molecule has 1 heterocycles. The van der Waals surface area contributed by atoms with Gasteiger partial charge in [0.05, 0.1) is 18.5 Å². The molecule has 0 radical (unpaired) electrons. The number of rotatable bonds is 4. The zero-order valence-corrected chi connectivity index (χ0v) is 10.4. The van der Waals surface area contributed by atoms with E-state index in [4.69, 9.17) is 4.74 Å². The second kappa shape index (κ2) is 5.82. The molecule has 92 valence electrons. The minimum atomic E-state index is 0.841. The Morgan fingerprint density at radius 3 is 2.39 bits per heavy atom. The standard InChI is InChI=1S/C14H15N3O/c1-11(12-3-5-14(18-2)6-4-12)16-17-13-7-9-15-10-8-13/h3-10H,1-2H3,(H,15,17)/b16-11+. The molecule has 0 atom stereocenters. The van der Waals surface area contributed by atoms with E-state index in [0.29, 0.717) is 0 Å². The maximum Gasteiger partial charge on any atom is 0.118 e. The number of benzene rings is 1. The predicted molar refractivity (Wildman–Crippen MR) is 73.1 cm³/mol. The predicted octanol–water partition coefficient (Wildman–Crippen LogP) is 2.93. The van der Waals surface area contributed by atoms with Gasteiger partial charge in [-0.1, -0.05) is 0 Å². The smallest absolute Gasteiger partial charge is 0.118 e. The molecule has 0 bridgehead atoms. The van der Waals surface area contributed by atoms with E-state index in [1.54, 1.807) is 19.5 Å². The molecule has 0 aliphatic carbocycles. The zero-order valence-electron chi connectivity index (χ0n) is 10.4. The van der Waals surface area contributed by atoms with Crippen molar-refractivity contribution in [3.8, 4) is 5.75 Å². The Bertz CT molecular complexity index is 520. The summed E-state index contributed by atoms with van der Waals surface area (Å²) in [5.41, 5.74) is 5.87. The van der Waals surface area contributed by atoms with Crippen molar-refractivity contribution in [2.75, 3.05) is 12.5 Å². The third-order valence-corrected chi connectivity index (χ3v) is 2.54. The summed E-state index contributed by atoms with van der Waals surface area (Å²) in [6.07, 6.45) is 3.45. The molecule has 0 amide bonds. The lowest BCUT2D eigenvalue weighted by molar-refractivity contribution is 0.415. The topological polar surface area (TPSA) is 46.5 Å². The van der Waals surface area contributed by atoms with Gasteiger partial charge in [-0.05, 0) is 48.9 Å². The van der Waals surface area contributed by atoms with Crippen LogP contribution in [0.2, 0.25) is 0 Å². The van der Waals surface area contributed by atoms with Crippen LogP contribution in [0, 0.1) is 0 Å². The number of nitrogens with one attached hydrogen (secondary N) is 1. The fourth-order valence-electron chi connectivity index (χ4n) is 1.47. The molecule has 0 unspecified atom stereocenters. The van der Waals surface area contributed by atoms with Crippen LogP contribution >= 0.6 is 0 Å². The van der Waals surface area contributed by atoms with Gasteiger partial charge >= 0.3 is 0 Å². The molecule has 0 aliphatic heterocycles. The molecule has 2 rings (SSSR count). The SMILES string of the molecule is COc1ccc(/C(C)=N/Nc2ccncc2)cc1. The van der Waals surface area contributed by atoms with Gasteiger partial charge in [0.2, 0.25) is 0 Å². The highest BCUT2D eigenvalue weighted by atomic mass is 16.5. The van der Waals surface area contributed by atoms with Crippen molar-refractivity contribution in [2.24, 2.45) is 5.10 Å². The van der Waals surface area contributed by atoms with Crippen LogP contribution in [-0.2, 0) is 0 Å². The normalized spacial score (nSPS) is 11.1. The largest absolute Gasteiger partial charge is 0.497 e. The summed E-state index contributed by atoms with van der Waals surface area (Å²) in [5, 5.41) is 4.32. The van der Waals surface area contributed by atoms with Gasteiger partial charge in [-0.2, -0.15) is 5.10 Å². The summed E-state index contributed by atoms with van der Waals surface area (Å²) < 4.78 is 5.12. The molecule has 1 N–H and O–H groups in total. The van der Waals surface area contributed by atoms with Gasteiger partial charge in [-0.25, -0.2) is 0 Å². The fraction of sp³-hybridized carbons (Fsp3) is 0.143. The van der Waals surface area contributed by atoms with Crippen LogP contribution in [0.1, 0.15) is 12.5 Å². The molecule has 0 aliphatic rings. The summed E-state index contributed by atoms with van der Waals surface area (Å²) in [4.78, 5) is 3.95. The highest BCUT2D eigenvalue weighted by Crippen LogP contribution is 2.12. The van der Waals surface area contributed by atoms with E-state index in [2.05, 4.69) is 15.5 Å². The van der Waals surface area contributed by atoms with Gasteiger partial charge in [0.1, 0.15) is 5.75 Å². The average molecular weight is 241 g/mol. The molecule has 0 spiro atoms. The minimum Gasteiger partial charge on any atom is -0.497 e. The molecule has 1 aromatic heterocycles. The molecule has 0 saturated carbocycles. The van der Waals surface area contributed by atoms with Gasteiger partial charge < -0.3 is 4.74 Å². The molecule has 18 heavy (non-hydrogen) atoms. The second-order valence-electron chi connectivity index (χ2n) is 3.77. The molecular weight excluding hydrogens is 226 g/mol. The second-order valence-corrected chi connectivity index (χ2v) is 3.77. The van der Waals surface area contributed by atoms with Crippen molar-refractivity contribution in [1.29, 1.82) is 0 Å². The van der Waals surface area contributed by atoms with E-state index in [0.717, 1.165) is 22.7 Å². The van der Waals surface area contributed by atoms with Crippen LogP contribution in [-0.4, -0.2) is 17.8 Å². The van der Waals surface area contributed by atoms with Crippen LogP contribution in [0.5, 0.6) is 5.75 Å². The van der Waals surface area contributed by atoms with Gasteiger partial charge in [0.25, 0.3) is 0 Å². The van der Waals surface area contributed by atoms with Crippen molar-refractivity contribution in [3.05, 3.63) is 54.4 Å². The number of hydrogen-bond acceptors (Lipinski definition) is 4. The Kier molecular flexibility index (Phi) is 3.91. The minimum absolute atomic E-state index is 0.841. The zero-order chi connectivity index (χ0) is 12.8. The Balaban J connectivity index is 2.08. The quantitative estimate of drug-likeness (QED) is 0.661. The van der Waals surface area contributed by atoms with Crippen LogP contribution < -0.4 is 10.2 Å².